The molecular weight excluding hydrogens is 318 g/mol. The topological polar surface area (TPSA) is 104 Å². The summed E-state index contributed by atoms with van der Waals surface area (Å²) in [5.74, 6) is -1.28. The summed E-state index contributed by atoms with van der Waals surface area (Å²) >= 11 is 1.53. The number of carboxylic acids is 1. The first kappa shape index (κ1) is 17.0. The van der Waals surface area contributed by atoms with Crippen molar-refractivity contribution < 1.29 is 14.7 Å². The predicted octanol–water partition coefficient (Wildman–Crippen LogP) is -0.443. The molecule has 0 fully saturated rings. The van der Waals surface area contributed by atoms with Gasteiger partial charge in [-0.15, -0.1) is 0 Å². The van der Waals surface area contributed by atoms with E-state index in [2.05, 4.69) is 10.3 Å². The van der Waals surface area contributed by atoms with E-state index in [-0.39, 0.29) is 5.56 Å². The van der Waals surface area contributed by atoms with Gasteiger partial charge in [0.1, 0.15) is 6.04 Å². The standard InChI is InChI=1S/C15H17N3O4S/c1-23-7-6-12(14(21)16-8-13(19)20)18-9-17-11-5-3-2-4-10(11)15(18)22/h2-5,9,12H,6-8H2,1H3,(H,16,21)(H,19,20)/p-1/t12-/m0/s1. The fourth-order valence-electron chi connectivity index (χ4n) is 2.21. The molecule has 1 atom stereocenters. The van der Waals surface area contributed by atoms with Crippen LogP contribution < -0.4 is 16.0 Å². The van der Waals surface area contributed by atoms with E-state index in [1.165, 1.54) is 22.7 Å². The average Bonchev–Trinajstić information content (AvgIpc) is 2.55. The van der Waals surface area contributed by atoms with E-state index in [1.807, 2.05) is 6.26 Å². The van der Waals surface area contributed by atoms with Gasteiger partial charge in [0.2, 0.25) is 5.91 Å². The molecule has 1 aromatic carbocycles. The molecule has 8 heteroatoms. The number of nitrogens with zero attached hydrogens (tertiary/aromatic N) is 2. The molecule has 0 aliphatic carbocycles. The summed E-state index contributed by atoms with van der Waals surface area (Å²) in [6.07, 6.45) is 3.60. The molecule has 0 unspecified atom stereocenters. The molecule has 23 heavy (non-hydrogen) atoms. The number of benzene rings is 1. The number of para-hydroxylation sites is 1. The number of rotatable bonds is 7. The lowest BCUT2D eigenvalue weighted by Gasteiger charge is -2.19. The number of carboxylic acid groups (broad SMARTS) is 1. The Bertz CT molecular complexity index is 775. The minimum atomic E-state index is -1.38. The number of aliphatic carboxylic acids is 1. The molecular formula is C15H16N3O4S-. The summed E-state index contributed by atoms with van der Waals surface area (Å²) in [5, 5.41) is 13.2. The van der Waals surface area contributed by atoms with Gasteiger partial charge >= 0.3 is 0 Å². The Hall–Kier alpha value is -2.35. The highest BCUT2D eigenvalue weighted by atomic mass is 32.2. The Labute approximate surface area is 136 Å². The summed E-state index contributed by atoms with van der Waals surface area (Å²) in [7, 11) is 0. The van der Waals surface area contributed by atoms with Crippen LogP contribution in [-0.4, -0.2) is 40.0 Å². The van der Waals surface area contributed by atoms with Crippen LogP contribution in [0.5, 0.6) is 0 Å². The molecule has 7 nitrogen and oxygen atoms in total. The van der Waals surface area contributed by atoms with Crippen molar-refractivity contribution in [3.05, 3.63) is 40.9 Å². The maximum absolute atomic E-state index is 12.6. The van der Waals surface area contributed by atoms with Crippen LogP contribution in [0, 0.1) is 0 Å². The second-order valence-electron chi connectivity index (χ2n) is 4.86. The van der Waals surface area contributed by atoms with Gasteiger partial charge < -0.3 is 15.2 Å². The minimum Gasteiger partial charge on any atom is -0.548 e. The largest absolute Gasteiger partial charge is 0.548 e. The van der Waals surface area contributed by atoms with Gasteiger partial charge in [-0.05, 0) is 30.6 Å². The van der Waals surface area contributed by atoms with Crippen molar-refractivity contribution in [1.82, 2.24) is 14.9 Å². The van der Waals surface area contributed by atoms with E-state index in [9.17, 15) is 19.5 Å². The van der Waals surface area contributed by atoms with Gasteiger partial charge in [0.05, 0.1) is 29.7 Å². The Kier molecular flexibility index (Phi) is 5.75. The van der Waals surface area contributed by atoms with Crippen LogP contribution >= 0.6 is 11.8 Å². The number of nitrogens with one attached hydrogen (secondary N) is 1. The Morgan fingerprint density at radius 2 is 2.13 bits per heavy atom. The average molecular weight is 334 g/mol. The number of carbonyl (C=O) groups excluding carboxylic acids is 2. The number of thioether (sulfide) groups is 1. The molecule has 1 aromatic heterocycles. The van der Waals surface area contributed by atoms with Gasteiger partial charge in [-0.3, -0.25) is 14.2 Å². The quantitative estimate of drug-likeness (QED) is 0.736. The lowest BCUT2D eigenvalue weighted by atomic mass is 10.2. The maximum Gasteiger partial charge on any atom is 0.261 e. The smallest absolute Gasteiger partial charge is 0.261 e. The zero-order chi connectivity index (χ0) is 16.8. The third kappa shape index (κ3) is 4.10. The van der Waals surface area contributed by atoms with Gasteiger partial charge in [0.25, 0.3) is 5.56 Å². The van der Waals surface area contributed by atoms with Crippen LogP contribution in [0.4, 0.5) is 0 Å². The maximum atomic E-state index is 12.6. The van der Waals surface area contributed by atoms with Crippen LogP contribution in [0.3, 0.4) is 0 Å². The second-order valence-corrected chi connectivity index (χ2v) is 5.85. The summed E-state index contributed by atoms with van der Waals surface area (Å²) in [5.41, 5.74) is 0.220. The van der Waals surface area contributed by atoms with E-state index >= 15 is 0 Å². The summed E-state index contributed by atoms with van der Waals surface area (Å²) in [6.45, 7) is -0.593. The highest BCUT2D eigenvalue weighted by Crippen LogP contribution is 2.14. The fourth-order valence-corrected chi connectivity index (χ4v) is 2.67. The molecule has 0 radical (unpaired) electrons. The van der Waals surface area contributed by atoms with Gasteiger partial charge in [0, 0.05) is 0 Å². The summed E-state index contributed by atoms with van der Waals surface area (Å²) in [4.78, 5) is 39.5. The van der Waals surface area contributed by atoms with Gasteiger partial charge in [0.15, 0.2) is 0 Å². The van der Waals surface area contributed by atoms with Crippen LogP contribution in [-0.2, 0) is 9.59 Å². The molecule has 2 rings (SSSR count). The van der Waals surface area contributed by atoms with Crippen LogP contribution in [0.15, 0.2) is 35.4 Å². The molecule has 0 spiro atoms. The summed E-state index contributed by atoms with van der Waals surface area (Å²) in [6, 6.07) is 6.05. The zero-order valence-corrected chi connectivity index (χ0v) is 13.3. The molecule has 0 saturated carbocycles. The molecule has 0 aliphatic heterocycles. The van der Waals surface area contributed by atoms with E-state index in [4.69, 9.17) is 0 Å². The van der Waals surface area contributed by atoms with Gasteiger partial charge in [-0.1, -0.05) is 12.1 Å². The number of fused-ring (bicyclic) bond motifs is 1. The SMILES string of the molecule is CSCC[C@@H](C(=O)NCC(=O)[O-])n1cnc2ccccc2c1=O. The Morgan fingerprint density at radius 1 is 1.39 bits per heavy atom. The number of hydrogen-bond acceptors (Lipinski definition) is 6. The first-order valence-corrected chi connectivity index (χ1v) is 8.36. The van der Waals surface area contributed by atoms with Gasteiger partial charge in [-0.25, -0.2) is 4.98 Å². The Morgan fingerprint density at radius 3 is 2.83 bits per heavy atom. The van der Waals surface area contributed by atoms with Crippen LogP contribution in [0.25, 0.3) is 10.9 Å². The van der Waals surface area contributed by atoms with E-state index < -0.39 is 24.5 Å². The Balaban J connectivity index is 2.38. The van der Waals surface area contributed by atoms with E-state index in [0.29, 0.717) is 23.1 Å². The lowest BCUT2D eigenvalue weighted by molar-refractivity contribution is -0.304. The molecule has 0 saturated heterocycles. The number of aromatic nitrogens is 2. The van der Waals surface area contributed by atoms with Crippen molar-refractivity contribution in [3.63, 3.8) is 0 Å². The van der Waals surface area contributed by atoms with Crippen molar-refractivity contribution in [2.75, 3.05) is 18.6 Å². The monoisotopic (exact) mass is 334 g/mol. The highest BCUT2D eigenvalue weighted by molar-refractivity contribution is 7.98. The first-order valence-electron chi connectivity index (χ1n) is 6.97. The van der Waals surface area contributed by atoms with Crippen LogP contribution in [0.2, 0.25) is 0 Å². The van der Waals surface area contributed by atoms with Gasteiger partial charge in [-0.2, -0.15) is 11.8 Å². The normalized spacial score (nSPS) is 12.0. The summed E-state index contributed by atoms with van der Waals surface area (Å²) < 4.78 is 1.25. The third-order valence-electron chi connectivity index (χ3n) is 3.33. The fraction of sp³-hybridized carbons (Fsp3) is 0.333. The lowest BCUT2D eigenvalue weighted by Crippen LogP contribution is -2.43. The molecule has 122 valence electrons. The highest BCUT2D eigenvalue weighted by Gasteiger charge is 2.22. The molecule has 1 heterocycles. The van der Waals surface area contributed by atoms with Crippen molar-refractivity contribution in [2.24, 2.45) is 0 Å². The zero-order valence-electron chi connectivity index (χ0n) is 12.5. The third-order valence-corrected chi connectivity index (χ3v) is 3.97. The van der Waals surface area contributed by atoms with Crippen molar-refractivity contribution in [2.45, 2.75) is 12.5 Å². The van der Waals surface area contributed by atoms with Crippen molar-refractivity contribution in [1.29, 1.82) is 0 Å². The molecule has 0 bridgehead atoms. The number of hydrogen-bond donors (Lipinski definition) is 1. The van der Waals surface area contributed by atoms with Crippen molar-refractivity contribution >= 4 is 34.5 Å². The first-order chi connectivity index (χ1) is 11.0. The number of amides is 1. The minimum absolute atomic E-state index is 0.328. The molecule has 1 N–H and O–H groups in total. The molecule has 2 aromatic rings. The van der Waals surface area contributed by atoms with Crippen LogP contribution in [0.1, 0.15) is 12.5 Å². The van der Waals surface area contributed by atoms with Crippen molar-refractivity contribution in [3.8, 4) is 0 Å². The van der Waals surface area contributed by atoms with E-state index in [0.717, 1.165) is 0 Å². The van der Waals surface area contributed by atoms with E-state index in [1.54, 1.807) is 24.3 Å². The second kappa shape index (κ2) is 7.77. The molecule has 1 amide bonds. The number of carbonyl (C=O) groups is 2. The predicted molar refractivity (Wildman–Crippen MR) is 86.1 cm³/mol. The molecule has 0 aliphatic rings.